The quantitative estimate of drug-likeness (QED) is 0.445. The Bertz CT molecular complexity index is 1280. The molecule has 3 heterocycles. The van der Waals surface area contributed by atoms with E-state index in [0.29, 0.717) is 29.2 Å². The molecule has 3 aromatic heterocycles. The first-order valence-electron chi connectivity index (χ1n) is 9.27. The van der Waals surface area contributed by atoms with E-state index < -0.39 is 11.9 Å². The number of hydrogen-bond donors (Lipinski definition) is 1. The van der Waals surface area contributed by atoms with Crippen molar-refractivity contribution < 1.29 is 9.13 Å². The molecule has 0 radical (unpaired) electrons. The number of anilines is 1. The molecule has 31 heavy (non-hydrogen) atoms. The van der Waals surface area contributed by atoms with Gasteiger partial charge in [0.1, 0.15) is 18.0 Å². The second-order valence-electron chi connectivity index (χ2n) is 6.78. The Kier molecular flexibility index (Phi) is 5.68. The average Bonchev–Trinajstić information content (AvgIpc) is 3.40. The standard InChI is InChI=1S/C21H17BrFN7O/c1-13(31-20-6-14(22)9-26-21(20)25)18-7-15(23)2-3-19(18)30-17(4-5-28-30)11-29-10-16(8-24)27-12-29/h2-7,9-10,12-13H,11H2,1H3,(H2,25,26). The first kappa shape index (κ1) is 20.6. The summed E-state index contributed by atoms with van der Waals surface area (Å²) < 4.78 is 24.4. The number of hydrogen-bond acceptors (Lipinski definition) is 6. The van der Waals surface area contributed by atoms with Crippen molar-refractivity contribution in [1.29, 1.82) is 5.26 Å². The van der Waals surface area contributed by atoms with Gasteiger partial charge in [-0.1, -0.05) is 0 Å². The molecule has 0 saturated heterocycles. The Labute approximate surface area is 185 Å². The molecule has 2 N–H and O–H groups in total. The Morgan fingerprint density at radius 2 is 2.13 bits per heavy atom. The zero-order chi connectivity index (χ0) is 22.0. The first-order chi connectivity index (χ1) is 14.9. The number of nitrogens with zero attached hydrogens (tertiary/aromatic N) is 6. The zero-order valence-corrected chi connectivity index (χ0v) is 18.0. The fourth-order valence-corrected chi connectivity index (χ4v) is 3.49. The van der Waals surface area contributed by atoms with E-state index >= 15 is 0 Å². The van der Waals surface area contributed by atoms with Crippen LogP contribution in [0.2, 0.25) is 0 Å². The maximum absolute atomic E-state index is 14.1. The Morgan fingerprint density at radius 1 is 1.29 bits per heavy atom. The highest BCUT2D eigenvalue weighted by Crippen LogP contribution is 2.31. The fourth-order valence-electron chi connectivity index (χ4n) is 3.18. The van der Waals surface area contributed by atoms with Gasteiger partial charge in [-0.05, 0) is 53.2 Å². The number of pyridine rings is 1. The van der Waals surface area contributed by atoms with Crippen molar-refractivity contribution >= 4 is 21.7 Å². The van der Waals surface area contributed by atoms with Crippen molar-refractivity contribution in [2.24, 2.45) is 0 Å². The van der Waals surface area contributed by atoms with E-state index in [1.165, 1.54) is 12.1 Å². The van der Waals surface area contributed by atoms with Gasteiger partial charge in [0.05, 0.1) is 24.3 Å². The van der Waals surface area contributed by atoms with Gasteiger partial charge in [0.2, 0.25) is 0 Å². The molecular formula is C21H17BrFN7O. The van der Waals surface area contributed by atoms with Crippen LogP contribution >= 0.6 is 15.9 Å². The second kappa shape index (κ2) is 8.57. The largest absolute Gasteiger partial charge is 0.482 e. The van der Waals surface area contributed by atoms with E-state index in [9.17, 15) is 4.39 Å². The zero-order valence-electron chi connectivity index (χ0n) is 16.4. The molecule has 0 saturated carbocycles. The molecule has 1 unspecified atom stereocenters. The number of rotatable bonds is 6. The molecule has 0 aliphatic rings. The summed E-state index contributed by atoms with van der Waals surface area (Å²) in [6, 6.07) is 10.0. The van der Waals surface area contributed by atoms with Crippen LogP contribution in [0.4, 0.5) is 10.2 Å². The minimum Gasteiger partial charge on any atom is -0.482 e. The highest BCUT2D eigenvalue weighted by molar-refractivity contribution is 9.10. The molecule has 1 aromatic carbocycles. The number of halogens is 2. The third-order valence-corrected chi connectivity index (χ3v) is 5.06. The summed E-state index contributed by atoms with van der Waals surface area (Å²) >= 11 is 3.35. The van der Waals surface area contributed by atoms with Crippen molar-refractivity contribution in [2.45, 2.75) is 19.6 Å². The number of imidazole rings is 1. The van der Waals surface area contributed by atoms with Crippen LogP contribution in [0, 0.1) is 17.1 Å². The van der Waals surface area contributed by atoms with E-state index in [1.54, 1.807) is 53.2 Å². The average molecular weight is 482 g/mol. The molecule has 0 aliphatic heterocycles. The molecule has 156 valence electrons. The van der Waals surface area contributed by atoms with Crippen molar-refractivity contribution in [3.05, 3.63) is 82.5 Å². The smallest absolute Gasteiger partial charge is 0.166 e. The first-order valence-corrected chi connectivity index (χ1v) is 10.1. The summed E-state index contributed by atoms with van der Waals surface area (Å²) in [7, 11) is 0. The number of nitrogen functional groups attached to an aromatic ring is 1. The fraction of sp³-hybridized carbons (Fsp3) is 0.143. The molecule has 0 amide bonds. The maximum atomic E-state index is 14.1. The van der Waals surface area contributed by atoms with Gasteiger partial charge >= 0.3 is 0 Å². The topological polar surface area (TPSA) is 108 Å². The van der Waals surface area contributed by atoms with Crippen LogP contribution < -0.4 is 10.5 Å². The Balaban J connectivity index is 1.69. The van der Waals surface area contributed by atoms with E-state index in [4.69, 9.17) is 15.7 Å². The molecule has 0 fully saturated rings. The van der Waals surface area contributed by atoms with Gasteiger partial charge in [0.25, 0.3) is 0 Å². The van der Waals surface area contributed by atoms with E-state index in [-0.39, 0.29) is 5.82 Å². The number of nitrogens with two attached hydrogens (primary N) is 1. The molecule has 0 aliphatic carbocycles. The van der Waals surface area contributed by atoms with Crippen LogP contribution in [0.1, 0.15) is 30.0 Å². The minimum absolute atomic E-state index is 0.237. The lowest BCUT2D eigenvalue weighted by molar-refractivity contribution is 0.226. The Hall–Kier alpha value is -3.71. The molecule has 4 rings (SSSR count). The van der Waals surface area contributed by atoms with Gasteiger partial charge in [-0.25, -0.2) is 19.0 Å². The van der Waals surface area contributed by atoms with Crippen molar-refractivity contribution in [2.75, 3.05) is 5.73 Å². The van der Waals surface area contributed by atoms with E-state index in [1.807, 2.05) is 12.1 Å². The lowest BCUT2D eigenvalue weighted by Gasteiger charge is -2.20. The SMILES string of the molecule is CC(Oc1cc(Br)cnc1N)c1cc(F)ccc1-n1nccc1Cn1cnc(C#N)c1. The highest BCUT2D eigenvalue weighted by atomic mass is 79.9. The Morgan fingerprint density at radius 3 is 2.90 bits per heavy atom. The van der Waals surface area contributed by atoms with Gasteiger partial charge < -0.3 is 15.0 Å². The number of nitriles is 1. The van der Waals surface area contributed by atoms with Gasteiger partial charge in [0, 0.05) is 28.6 Å². The van der Waals surface area contributed by atoms with Crippen molar-refractivity contribution in [1.82, 2.24) is 24.3 Å². The third-order valence-electron chi connectivity index (χ3n) is 4.62. The van der Waals surface area contributed by atoms with Crippen LogP contribution in [0.25, 0.3) is 5.69 Å². The van der Waals surface area contributed by atoms with Crippen molar-refractivity contribution in [3.8, 4) is 17.5 Å². The van der Waals surface area contributed by atoms with Crippen LogP contribution in [0.3, 0.4) is 0 Å². The van der Waals surface area contributed by atoms with Gasteiger partial charge in [-0.2, -0.15) is 10.4 Å². The summed E-state index contributed by atoms with van der Waals surface area (Å²) in [6.45, 7) is 2.24. The highest BCUT2D eigenvalue weighted by Gasteiger charge is 2.19. The summed E-state index contributed by atoms with van der Waals surface area (Å²) in [6.07, 6.45) is 5.92. The lowest BCUT2D eigenvalue weighted by atomic mass is 10.1. The van der Waals surface area contributed by atoms with E-state index in [2.05, 4.69) is 31.0 Å². The maximum Gasteiger partial charge on any atom is 0.166 e. The molecular weight excluding hydrogens is 465 g/mol. The van der Waals surface area contributed by atoms with Gasteiger partial charge in [0.15, 0.2) is 17.3 Å². The summed E-state index contributed by atoms with van der Waals surface area (Å²) in [4.78, 5) is 8.09. The molecule has 10 heteroatoms. The molecule has 8 nitrogen and oxygen atoms in total. The second-order valence-corrected chi connectivity index (χ2v) is 7.69. The molecule has 4 aromatic rings. The van der Waals surface area contributed by atoms with Crippen LogP contribution in [0.5, 0.6) is 5.75 Å². The van der Waals surface area contributed by atoms with Crippen molar-refractivity contribution in [3.63, 3.8) is 0 Å². The summed E-state index contributed by atoms with van der Waals surface area (Å²) in [5, 5.41) is 13.4. The molecule has 0 spiro atoms. The number of ether oxygens (including phenoxy) is 1. The number of benzene rings is 1. The van der Waals surface area contributed by atoms with Crippen LogP contribution in [-0.4, -0.2) is 24.3 Å². The monoisotopic (exact) mass is 481 g/mol. The van der Waals surface area contributed by atoms with Gasteiger partial charge in [-0.3, -0.25) is 0 Å². The minimum atomic E-state index is -0.542. The lowest BCUT2D eigenvalue weighted by Crippen LogP contribution is -2.13. The third kappa shape index (κ3) is 4.41. The van der Waals surface area contributed by atoms with E-state index in [0.717, 1.165) is 10.2 Å². The summed E-state index contributed by atoms with van der Waals surface area (Å²) in [5.41, 5.74) is 8.33. The predicted octanol–water partition coefficient (Wildman–Crippen LogP) is 4.01. The predicted molar refractivity (Wildman–Crippen MR) is 115 cm³/mol. The number of aromatic nitrogens is 5. The normalized spacial score (nSPS) is 11.8. The van der Waals surface area contributed by atoms with Crippen LogP contribution in [-0.2, 0) is 6.54 Å². The summed E-state index contributed by atoms with van der Waals surface area (Å²) in [5.74, 6) is 0.234. The molecule has 1 atom stereocenters. The van der Waals surface area contributed by atoms with Crippen LogP contribution in [0.15, 0.2) is 59.7 Å². The molecule has 0 bridgehead atoms. The van der Waals surface area contributed by atoms with Gasteiger partial charge in [-0.15, -0.1) is 0 Å².